The molecule has 0 spiro atoms. The van der Waals surface area contributed by atoms with Crippen molar-refractivity contribution in [3.05, 3.63) is 35.9 Å². The molecule has 0 aliphatic heterocycles. The Morgan fingerprint density at radius 3 is 2.11 bits per heavy atom. The molecule has 110 valence electrons. The maximum Gasteiger partial charge on any atom is 0.192 e. The molecule has 1 rings (SSSR count). The van der Waals surface area contributed by atoms with Crippen LogP contribution in [0.25, 0.3) is 0 Å². The lowest BCUT2D eigenvalue weighted by molar-refractivity contribution is 0.270. The molecule has 0 radical (unpaired) electrons. The molecule has 3 heteroatoms. The largest absolute Gasteiger partial charge is 0.416 e. The van der Waals surface area contributed by atoms with Crippen molar-refractivity contribution in [1.29, 1.82) is 0 Å². The van der Waals surface area contributed by atoms with Crippen molar-refractivity contribution in [2.45, 2.75) is 52.2 Å². The van der Waals surface area contributed by atoms with E-state index in [0.29, 0.717) is 11.0 Å². The van der Waals surface area contributed by atoms with Crippen LogP contribution >= 0.6 is 17.0 Å². The minimum atomic E-state index is -1.65. The third kappa shape index (κ3) is 5.05. The first-order chi connectivity index (χ1) is 8.27. The fourth-order valence-electron chi connectivity index (χ4n) is 1.95. The van der Waals surface area contributed by atoms with Crippen molar-refractivity contribution in [3.63, 3.8) is 0 Å². The number of hydrogen-bond acceptors (Lipinski definition) is 1. The van der Waals surface area contributed by atoms with Crippen LogP contribution in [0.3, 0.4) is 0 Å². The molecule has 0 aliphatic carbocycles. The van der Waals surface area contributed by atoms with Crippen molar-refractivity contribution in [1.82, 2.24) is 0 Å². The van der Waals surface area contributed by atoms with Crippen LogP contribution in [0.5, 0.6) is 0 Å². The van der Waals surface area contributed by atoms with Gasteiger partial charge in [-0.05, 0) is 36.0 Å². The number of halogens is 1. The Balaban J connectivity index is 0.00000324. The van der Waals surface area contributed by atoms with Gasteiger partial charge in [0.25, 0.3) is 0 Å². The van der Waals surface area contributed by atoms with Crippen LogP contribution in [-0.2, 0) is 10.8 Å². The molecule has 0 unspecified atom stereocenters. The van der Waals surface area contributed by atoms with E-state index in [1.54, 1.807) is 0 Å². The van der Waals surface area contributed by atoms with Gasteiger partial charge in [0.15, 0.2) is 8.32 Å². The van der Waals surface area contributed by atoms with Gasteiger partial charge < -0.3 is 4.43 Å². The van der Waals surface area contributed by atoms with Crippen LogP contribution in [-0.4, -0.2) is 14.9 Å². The van der Waals surface area contributed by atoms with Gasteiger partial charge in [-0.15, -0.1) is 17.0 Å². The quantitative estimate of drug-likeness (QED) is 0.622. The first-order valence-electron chi connectivity index (χ1n) is 6.95. The molecule has 0 heterocycles. The monoisotopic (exact) mass is 344 g/mol. The first kappa shape index (κ1) is 18.9. The van der Waals surface area contributed by atoms with Gasteiger partial charge in [0.1, 0.15) is 0 Å². The maximum atomic E-state index is 6.30. The third-order valence-corrected chi connectivity index (χ3v) is 9.30. The molecule has 1 nitrogen and oxygen atoms in total. The number of rotatable bonds is 6. The standard InChI is InChI=1S/C16H28OSi.BrH/c1-14(2)16(3,4)18(5,6)17-13-12-15-10-8-7-9-11-15;/h7-11,14H,12-13H2,1-6H3;1H. The summed E-state index contributed by atoms with van der Waals surface area (Å²) >= 11 is 0. The SMILES string of the molecule is Br.CC(C)C(C)(C)[Si](C)(C)OCCc1ccccc1. The molecule has 1 aromatic rings. The molecule has 0 aromatic heterocycles. The summed E-state index contributed by atoms with van der Waals surface area (Å²) in [7, 11) is -1.65. The van der Waals surface area contributed by atoms with Gasteiger partial charge in [0.05, 0.1) is 0 Å². The zero-order valence-corrected chi connectivity index (χ0v) is 15.9. The van der Waals surface area contributed by atoms with E-state index in [0.717, 1.165) is 13.0 Å². The average molecular weight is 345 g/mol. The molecular weight excluding hydrogens is 316 g/mol. The van der Waals surface area contributed by atoms with Crippen molar-refractivity contribution in [2.24, 2.45) is 5.92 Å². The van der Waals surface area contributed by atoms with Crippen molar-refractivity contribution in [2.75, 3.05) is 6.61 Å². The highest BCUT2D eigenvalue weighted by Gasteiger charge is 2.42. The highest BCUT2D eigenvalue weighted by molar-refractivity contribution is 8.93. The fourth-order valence-corrected chi connectivity index (χ4v) is 4.32. The van der Waals surface area contributed by atoms with E-state index in [4.69, 9.17) is 4.43 Å². The molecule has 0 bridgehead atoms. The van der Waals surface area contributed by atoms with E-state index in [-0.39, 0.29) is 17.0 Å². The second-order valence-electron chi connectivity index (χ2n) is 6.47. The molecule has 0 N–H and O–H groups in total. The Labute approximate surface area is 130 Å². The average Bonchev–Trinajstić information content (AvgIpc) is 2.29. The minimum Gasteiger partial charge on any atom is -0.416 e. The summed E-state index contributed by atoms with van der Waals surface area (Å²) < 4.78 is 6.30. The third-order valence-electron chi connectivity index (χ3n) is 4.69. The molecule has 1 aromatic carbocycles. The summed E-state index contributed by atoms with van der Waals surface area (Å²) in [6.45, 7) is 14.8. The van der Waals surface area contributed by atoms with Crippen LogP contribution in [0.15, 0.2) is 30.3 Å². The molecular formula is C16H29BrOSi. The Hall–Kier alpha value is -0.123. The van der Waals surface area contributed by atoms with Gasteiger partial charge >= 0.3 is 0 Å². The summed E-state index contributed by atoms with van der Waals surface area (Å²) in [4.78, 5) is 0. The number of hydrogen-bond donors (Lipinski definition) is 0. The van der Waals surface area contributed by atoms with E-state index < -0.39 is 8.32 Å². The van der Waals surface area contributed by atoms with Gasteiger partial charge in [0, 0.05) is 6.61 Å². The van der Waals surface area contributed by atoms with Crippen molar-refractivity contribution >= 4 is 25.3 Å². The second-order valence-corrected chi connectivity index (χ2v) is 11.1. The maximum absolute atomic E-state index is 6.30. The lowest BCUT2D eigenvalue weighted by Crippen LogP contribution is -2.45. The van der Waals surface area contributed by atoms with Crippen molar-refractivity contribution < 1.29 is 4.43 Å². The summed E-state index contributed by atoms with van der Waals surface area (Å²) in [6, 6.07) is 10.6. The van der Waals surface area contributed by atoms with Gasteiger partial charge in [-0.3, -0.25) is 0 Å². The van der Waals surface area contributed by atoms with E-state index in [2.05, 4.69) is 71.1 Å². The summed E-state index contributed by atoms with van der Waals surface area (Å²) in [5.41, 5.74) is 1.37. The predicted molar refractivity (Wildman–Crippen MR) is 92.8 cm³/mol. The Morgan fingerprint density at radius 2 is 1.63 bits per heavy atom. The van der Waals surface area contributed by atoms with E-state index in [1.165, 1.54) is 5.56 Å². The summed E-state index contributed by atoms with van der Waals surface area (Å²) in [5, 5.41) is 0.309. The highest BCUT2D eigenvalue weighted by Crippen LogP contribution is 2.44. The zero-order valence-electron chi connectivity index (χ0n) is 13.2. The van der Waals surface area contributed by atoms with Crippen LogP contribution in [0.4, 0.5) is 0 Å². The van der Waals surface area contributed by atoms with Gasteiger partial charge in [-0.25, -0.2) is 0 Å². The Bertz CT molecular complexity index is 360. The lowest BCUT2D eigenvalue weighted by atomic mass is 9.99. The van der Waals surface area contributed by atoms with Crippen LogP contribution in [0, 0.1) is 5.92 Å². The van der Waals surface area contributed by atoms with Gasteiger partial charge in [-0.2, -0.15) is 0 Å². The smallest absolute Gasteiger partial charge is 0.192 e. The minimum absolute atomic E-state index is 0. The molecule has 0 saturated heterocycles. The molecule has 0 fully saturated rings. The predicted octanol–water partition coefficient (Wildman–Crippen LogP) is 5.46. The topological polar surface area (TPSA) is 9.23 Å². The molecule has 0 saturated carbocycles. The number of benzene rings is 1. The molecule has 0 amide bonds. The van der Waals surface area contributed by atoms with Gasteiger partial charge in [-0.1, -0.05) is 58.0 Å². The van der Waals surface area contributed by atoms with Crippen LogP contribution in [0.1, 0.15) is 33.3 Å². The lowest BCUT2D eigenvalue weighted by Gasteiger charge is -2.42. The molecule has 19 heavy (non-hydrogen) atoms. The first-order valence-corrected chi connectivity index (χ1v) is 9.86. The summed E-state index contributed by atoms with van der Waals surface area (Å²) in [5.74, 6) is 0.663. The van der Waals surface area contributed by atoms with Crippen LogP contribution < -0.4 is 0 Å². The van der Waals surface area contributed by atoms with E-state index in [1.807, 2.05) is 0 Å². The van der Waals surface area contributed by atoms with Crippen LogP contribution in [0.2, 0.25) is 18.1 Å². The normalized spacial score (nSPS) is 12.4. The van der Waals surface area contributed by atoms with E-state index in [9.17, 15) is 0 Å². The van der Waals surface area contributed by atoms with Gasteiger partial charge in [0.2, 0.25) is 0 Å². The highest BCUT2D eigenvalue weighted by atomic mass is 79.9. The molecule has 0 atom stereocenters. The van der Waals surface area contributed by atoms with Crippen molar-refractivity contribution in [3.8, 4) is 0 Å². The Kier molecular flexibility index (Phi) is 7.55. The summed E-state index contributed by atoms with van der Waals surface area (Å²) in [6.07, 6.45) is 1.02. The fraction of sp³-hybridized carbons (Fsp3) is 0.625. The molecule has 0 aliphatic rings. The zero-order chi connectivity index (χ0) is 13.8. The van der Waals surface area contributed by atoms with E-state index >= 15 is 0 Å². The Morgan fingerprint density at radius 1 is 1.11 bits per heavy atom. The second kappa shape index (κ2) is 7.60.